The van der Waals surface area contributed by atoms with E-state index in [0.717, 1.165) is 0 Å². The molecule has 1 aromatic carbocycles. The molecule has 0 unspecified atom stereocenters. The summed E-state index contributed by atoms with van der Waals surface area (Å²) in [6.07, 6.45) is -4.73. The number of pyridine rings is 1. The highest BCUT2D eigenvalue weighted by Crippen LogP contribution is 2.44. The van der Waals surface area contributed by atoms with Gasteiger partial charge in [0.25, 0.3) is 5.91 Å². The molecule has 1 aromatic heterocycles. The lowest BCUT2D eigenvalue weighted by Crippen LogP contribution is -2.40. The number of hydrogen-bond donors (Lipinski definition) is 2. The summed E-state index contributed by atoms with van der Waals surface area (Å²) < 4.78 is 53.9. The number of alkyl halides is 4. The Labute approximate surface area is 161 Å². The van der Waals surface area contributed by atoms with E-state index in [2.05, 4.69) is 10.3 Å². The summed E-state index contributed by atoms with van der Waals surface area (Å²) in [6, 6.07) is 3.92. The molecule has 2 atom stereocenters. The van der Waals surface area contributed by atoms with Gasteiger partial charge < -0.3 is 10.4 Å². The van der Waals surface area contributed by atoms with E-state index in [0.29, 0.717) is 12.1 Å². The number of carbonyl (C=O) groups excluding carboxylic acids is 1. The summed E-state index contributed by atoms with van der Waals surface area (Å²) in [4.78, 5) is 16.5. The highest BCUT2D eigenvalue weighted by atomic mass is 35.5. The van der Waals surface area contributed by atoms with Crippen molar-refractivity contribution in [1.29, 1.82) is 0 Å². The lowest BCUT2D eigenvalue weighted by Gasteiger charge is -2.32. The lowest BCUT2D eigenvalue weighted by molar-refractivity contribution is -0.137. The van der Waals surface area contributed by atoms with E-state index in [-0.39, 0.29) is 29.8 Å². The zero-order valence-electron chi connectivity index (χ0n) is 13.4. The van der Waals surface area contributed by atoms with Crippen molar-refractivity contribution in [3.05, 3.63) is 57.3 Å². The van der Waals surface area contributed by atoms with E-state index in [1.165, 1.54) is 18.3 Å². The molecule has 1 heterocycles. The number of aliphatic hydroxyl groups is 1. The van der Waals surface area contributed by atoms with Gasteiger partial charge in [0.1, 0.15) is 0 Å². The van der Waals surface area contributed by atoms with Crippen LogP contribution in [0.25, 0.3) is 0 Å². The van der Waals surface area contributed by atoms with Crippen LogP contribution in [0.5, 0.6) is 0 Å². The summed E-state index contributed by atoms with van der Waals surface area (Å²) in [7, 11) is 0. The molecule has 0 radical (unpaired) electrons. The standard InChI is InChI=1S/C17H12Cl2F4N2O2/c18-10-6-8(17(21,22)23)7-11(19)14(10)25-15(27)16(20)4-3-12(26)13-9(16)2-1-5-24-13/h1-2,5-7,12,26H,3-4H2,(H,25,27)/t12-,16+/m1/s1. The molecule has 0 aliphatic heterocycles. The van der Waals surface area contributed by atoms with Gasteiger partial charge in [0.2, 0.25) is 5.67 Å². The second-order valence-corrected chi connectivity index (χ2v) is 6.87. The summed E-state index contributed by atoms with van der Waals surface area (Å²) >= 11 is 11.6. The summed E-state index contributed by atoms with van der Waals surface area (Å²) in [6.45, 7) is 0. The van der Waals surface area contributed by atoms with Crippen molar-refractivity contribution in [1.82, 2.24) is 4.98 Å². The first-order valence-corrected chi connectivity index (χ1v) is 8.49. The van der Waals surface area contributed by atoms with Gasteiger partial charge in [-0.2, -0.15) is 13.2 Å². The zero-order chi connectivity index (χ0) is 20.0. The Morgan fingerprint density at radius 2 is 1.93 bits per heavy atom. The van der Waals surface area contributed by atoms with Crippen molar-refractivity contribution < 1.29 is 27.5 Å². The van der Waals surface area contributed by atoms with E-state index < -0.39 is 39.5 Å². The number of nitrogens with zero attached hydrogens (tertiary/aromatic N) is 1. The Morgan fingerprint density at radius 1 is 1.30 bits per heavy atom. The second-order valence-electron chi connectivity index (χ2n) is 6.06. The molecule has 0 saturated heterocycles. The Morgan fingerprint density at radius 3 is 2.52 bits per heavy atom. The zero-order valence-corrected chi connectivity index (χ0v) is 15.0. The molecular formula is C17H12Cl2F4N2O2. The Bertz CT molecular complexity index is 884. The van der Waals surface area contributed by atoms with Crippen LogP contribution in [0.15, 0.2) is 30.5 Å². The lowest BCUT2D eigenvalue weighted by atomic mass is 9.81. The van der Waals surface area contributed by atoms with Crippen molar-refractivity contribution in [2.24, 2.45) is 0 Å². The molecule has 0 saturated carbocycles. The van der Waals surface area contributed by atoms with Crippen LogP contribution in [-0.4, -0.2) is 16.0 Å². The van der Waals surface area contributed by atoms with Crippen LogP contribution >= 0.6 is 23.2 Å². The maximum atomic E-state index is 15.5. The minimum Gasteiger partial charge on any atom is -0.387 e. The van der Waals surface area contributed by atoms with E-state index in [1.54, 1.807) is 0 Å². The summed E-state index contributed by atoms with van der Waals surface area (Å²) in [5, 5.41) is 11.2. The van der Waals surface area contributed by atoms with Crippen molar-refractivity contribution in [2.75, 3.05) is 5.32 Å². The fraction of sp³-hybridized carbons (Fsp3) is 0.294. The first-order valence-electron chi connectivity index (χ1n) is 7.74. The number of nitrogens with one attached hydrogen (secondary N) is 1. The van der Waals surface area contributed by atoms with Crippen LogP contribution in [0.2, 0.25) is 10.0 Å². The molecule has 2 N–H and O–H groups in total. The number of rotatable bonds is 2. The van der Waals surface area contributed by atoms with Gasteiger partial charge in [0.05, 0.1) is 33.1 Å². The molecule has 144 valence electrons. The quantitative estimate of drug-likeness (QED) is 0.666. The summed E-state index contributed by atoms with van der Waals surface area (Å²) in [5.74, 6) is -1.16. The third-order valence-corrected chi connectivity index (χ3v) is 4.91. The summed E-state index contributed by atoms with van der Waals surface area (Å²) in [5.41, 5.74) is -4.05. The number of aromatic nitrogens is 1. The minimum atomic E-state index is -4.68. The predicted molar refractivity (Wildman–Crippen MR) is 91.3 cm³/mol. The fourth-order valence-electron chi connectivity index (χ4n) is 2.93. The maximum Gasteiger partial charge on any atom is 0.416 e. The van der Waals surface area contributed by atoms with Gasteiger partial charge in [-0.15, -0.1) is 0 Å². The van der Waals surface area contributed by atoms with Gasteiger partial charge in [-0.05, 0) is 31.0 Å². The third kappa shape index (κ3) is 3.61. The number of carbonyl (C=O) groups is 1. The number of fused-ring (bicyclic) bond motifs is 1. The van der Waals surface area contributed by atoms with E-state index in [4.69, 9.17) is 23.2 Å². The average molecular weight is 423 g/mol. The highest BCUT2D eigenvalue weighted by Gasteiger charge is 2.47. The Hall–Kier alpha value is -1.90. The topological polar surface area (TPSA) is 62.2 Å². The molecule has 10 heteroatoms. The molecule has 2 aromatic rings. The molecule has 1 aliphatic rings. The van der Waals surface area contributed by atoms with Gasteiger partial charge in [-0.1, -0.05) is 29.3 Å². The monoisotopic (exact) mass is 422 g/mol. The van der Waals surface area contributed by atoms with Crippen molar-refractivity contribution in [2.45, 2.75) is 30.8 Å². The van der Waals surface area contributed by atoms with Gasteiger partial charge in [0.15, 0.2) is 0 Å². The van der Waals surface area contributed by atoms with E-state index in [9.17, 15) is 23.1 Å². The number of halogens is 6. The van der Waals surface area contributed by atoms with Crippen LogP contribution in [-0.2, 0) is 16.6 Å². The van der Waals surface area contributed by atoms with Gasteiger partial charge in [0, 0.05) is 11.8 Å². The molecule has 1 aliphatic carbocycles. The van der Waals surface area contributed by atoms with E-state index in [1.807, 2.05) is 0 Å². The Balaban J connectivity index is 1.96. The van der Waals surface area contributed by atoms with Crippen LogP contribution in [0.1, 0.15) is 35.8 Å². The maximum absolute atomic E-state index is 15.5. The molecular weight excluding hydrogens is 411 g/mol. The van der Waals surface area contributed by atoms with Crippen LogP contribution in [0.3, 0.4) is 0 Å². The molecule has 0 fully saturated rings. The normalized spacial score (nSPS) is 22.3. The fourth-order valence-corrected chi connectivity index (χ4v) is 3.51. The minimum absolute atomic E-state index is 0.0333. The van der Waals surface area contributed by atoms with Crippen molar-refractivity contribution in [3.63, 3.8) is 0 Å². The van der Waals surface area contributed by atoms with Crippen molar-refractivity contribution >= 4 is 34.8 Å². The molecule has 4 nitrogen and oxygen atoms in total. The molecule has 0 bridgehead atoms. The number of benzene rings is 1. The van der Waals surface area contributed by atoms with Gasteiger partial charge in [-0.25, -0.2) is 4.39 Å². The number of hydrogen-bond acceptors (Lipinski definition) is 3. The molecule has 0 spiro atoms. The molecule has 3 rings (SSSR count). The van der Waals surface area contributed by atoms with E-state index >= 15 is 4.39 Å². The van der Waals surface area contributed by atoms with Gasteiger partial charge in [-0.3, -0.25) is 9.78 Å². The first-order chi connectivity index (χ1) is 12.5. The molecule has 1 amide bonds. The van der Waals surface area contributed by atoms with Gasteiger partial charge >= 0.3 is 6.18 Å². The smallest absolute Gasteiger partial charge is 0.387 e. The first kappa shape index (κ1) is 19.9. The van der Waals surface area contributed by atoms with Crippen LogP contribution < -0.4 is 5.32 Å². The molecule has 27 heavy (non-hydrogen) atoms. The number of anilines is 1. The van der Waals surface area contributed by atoms with Crippen LogP contribution in [0, 0.1) is 0 Å². The van der Waals surface area contributed by atoms with Crippen molar-refractivity contribution in [3.8, 4) is 0 Å². The largest absolute Gasteiger partial charge is 0.416 e. The second kappa shape index (κ2) is 6.92. The SMILES string of the molecule is O=C(Nc1c(Cl)cc(C(F)(F)F)cc1Cl)[C@]1(F)CC[C@@H](O)c2ncccc21. The number of amides is 1. The Kier molecular flexibility index (Phi) is 5.09. The average Bonchev–Trinajstić information content (AvgIpc) is 2.60. The van der Waals surface area contributed by atoms with Crippen LogP contribution in [0.4, 0.5) is 23.2 Å². The third-order valence-electron chi connectivity index (χ3n) is 4.31. The number of aliphatic hydroxyl groups excluding tert-OH is 1. The predicted octanol–water partition coefficient (Wildman–Crippen LogP) is 5.04. The highest BCUT2D eigenvalue weighted by molar-refractivity contribution is 6.40.